The van der Waals surface area contributed by atoms with Crippen molar-refractivity contribution in [3.8, 4) is 0 Å². The molecule has 0 N–H and O–H groups in total. The summed E-state index contributed by atoms with van der Waals surface area (Å²) >= 11 is 5.74. The Labute approximate surface area is 90.5 Å². The summed E-state index contributed by atoms with van der Waals surface area (Å²) in [5.74, 6) is -0.448. The maximum atomic E-state index is 10.5. The van der Waals surface area contributed by atoms with E-state index in [1.807, 2.05) is 24.3 Å². The number of benzene rings is 1. The quantitative estimate of drug-likeness (QED) is 0.802. The lowest BCUT2D eigenvalue weighted by atomic mass is 10.1. The molecule has 0 aliphatic carbocycles. The predicted octanol–water partition coefficient (Wildman–Crippen LogP) is 2.07. The highest BCUT2D eigenvalue weighted by atomic mass is 35.5. The van der Waals surface area contributed by atoms with Crippen molar-refractivity contribution < 1.29 is 8.94 Å². The largest absolute Gasteiger partial charge is 0.542 e. The van der Waals surface area contributed by atoms with Crippen LogP contribution in [-0.2, 0) is 12.8 Å². The Kier molecular flexibility index (Phi) is 2.87. The van der Waals surface area contributed by atoms with Crippen LogP contribution in [0.3, 0.4) is 0 Å². The number of aryl methyl sites for hydroxylation is 2. The molecule has 1 heterocycles. The molecular weight excluding hydrogens is 218 g/mol. The van der Waals surface area contributed by atoms with Gasteiger partial charge in [-0.05, 0) is 29.3 Å². The van der Waals surface area contributed by atoms with Gasteiger partial charge in [-0.15, -0.1) is 0 Å². The van der Waals surface area contributed by atoms with E-state index >= 15 is 0 Å². The van der Waals surface area contributed by atoms with E-state index in [1.54, 1.807) is 0 Å². The van der Waals surface area contributed by atoms with Crippen LogP contribution < -0.4 is 5.82 Å². The highest BCUT2D eigenvalue weighted by Crippen LogP contribution is 2.11. The van der Waals surface area contributed by atoms with E-state index in [0.29, 0.717) is 17.3 Å². The molecule has 0 saturated carbocycles. The van der Waals surface area contributed by atoms with Gasteiger partial charge in [0.2, 0.25) is 5.89 Å². The van der Waals surface area contributed by atoms with Crippen LogP contribution in [0.15, 0.2) is 38.0 Å². The summed E-state index contributed by atoms with van der Waals surface area (Å²) in [4.78, 5) is 10.5. The van der Waals surface area contributed by atoms with Gasteiger partial charge in [0.15, 0.2) is 0 Å². The first-order valence-corrected chi connectivity index (χ1v) is 4.82. The van der Waals surface area contributed by atoms with Crippen molar-refractivity contribution in [1.29, 1.82) is 0 Å². The highest BCUT2D eigenvalue weighted by molar-refractivity contribution is 6.30. The second-order valence-electron chi connectivity index (χ2n) is 3.05. The van der Waals surface area contributed by atoms with Crippen molar-refractivity contribution in [1.82, 2.24) is 5.16 Å². The highest BCUT2D eigenvalue weighted by Gasteiger charge is 2.03. The van der Waals surface area contributed by atoms with Gasteiger partial charge in [-0.3, -0.25) is 4.52 Å². The van der Waals surface area contributed by atoms with Crippen LogP contribution >= 0.6 is 11.6 Å². The van der Waals surface area contributed by atoms with Gasteiger partial charge in [0.05, 0.1) is 0 Å². The maximum absolute atomic E-state index is 10.5. The average molecular weight is 226 g/mol. The Hall–Kier alpha value is -1.55. The van der Waals surface area contributed by atoms with Gasteiger partial charge < -0.3 is 4.42 Å². The van der Waals surface area contributed by atoms with E-state index in [2.05, 4.69) is 14.1 Å². The summed E-state index contributed by atoms with van der Waals surface area (Å²) in [7, 11) is 0. The Balaban J connectivity index is 1.99. The topological polar surface area (TPSA) is 56.2 Å². The van der Waals surface area contributed by atoms with Crippen molar-refractivity contribution in [2.24, 2.45) is 0 Å². The van der Waals surface area contributed by atoms with E-state index in [1.165, 1.54) is 0 Å². The van der Waals surface area contributed by atoms with Crippen molar-refractivity contribution in [3.05, 3.63) is 51.4 Å². The summed E-state index contributed by atoms with van der Waals surface area (Å²) in [5, 5.41) is 4.17. The number of hydrogen-bond donors (Lipinski definition) is 0. The summed E-state index contributed by atoms with van der Waals surface area (Å²) in [6.07, 6.45) is 1.26. The number of nitrogens with zero attached hydrogens (tertiary/aromatic N) is 1. The summed E-state index contributed by atoms with van der Waals surface area (Å²) < 4.78 is 8.95. The number of aromatic nitrogens is 1. The molecular formula is C10H8ClNO3. The summed E-state index contributed by atoms with van der Waals surface area (Å²) in [5.41, 5.74) is 1.10. The number of hydrogen-bond acceptors (Lipinski definition) is 4. The van der Waals surface area contributed by atoms with Crippen LogP contribution in [0.25, 0.3) is 0 Å². The molecule has 0 fully saturated rings. The molecule has 4 nitrogen and oxygen atoms in total. The van der Waals surface area contributed by atoms with Gasteiger partial charge in [0, 0.05) is 11.4 Å². The monoisotopic (exact) mass is 225 g/mol. The zero-order valence-electron chi connectivity index (χ0n) is 7.77. The van der Waals surface area contributed by atoms with E-state index < -0.39 is 5.82 Å². The Morgan fingerprint density at radius 3 is 2.53 bits per heavy atom. The van der Waals surface area contributed by atoms with Crippen LogP contribution in [0.5, 0.6) is 0 Å². The zero-order chi connectivity index (χ0) is 10.7. The van der Waals surface area contributed by atoms with Gasteiger partial charge in [-0.25, -0.2) is 4.79 Å². The lowest BCUT2D eigenvalue weighted by Crippen LogP contribution is -1.92. The first-order chi connectivity index (χ1) is 7.24. The zero-order valence-corrected chi connectivity index (χ0v) is 8.53. The molecule has 0 unspecified atom stereocenters. The molecule has 0 saturated heterocycles. The molecule has 5 heteroatoms. The van der Waals surface area contributed by atoms with Gasteiger partial charge >= 0.3 is 5.82 Å². The SMILES string of the molecule is O=c1onc(CCc2ccc(Cl)cc2)o1. The van der Waals surface area contributed by atoms with Crippen molar-refractivity contribution in [3.63, 3.8) is 0 Å². The van der Waals surface area contributed by atoms with Crippen LogP contribution in [0, 0.1) is 0 Å². The molecule has 78 valence electrons. The minimum Gasteiger partial charge on any atom is -0.375 e. The van der Waals surface area contributed by atoms with Crippen molar-refractivity contribution in [2.45, 2.75) is 12.8 Å². The molecule has 0 aliphatic rings. The van der Waals surface area contributed by atoms with Crippen molar-refractivity contribution >= 4 is 11.6 Å². The first kappa shape index (κ1) is 9.98. The number of rotatable bonds is 3. The molecule has 0 spiro atoms. The Morgan fingerprint density at radius 1 is 1.20 bits per heavy atom. The minimum atomic E-state index is -0.763. The van der Waals surface area contributed by atoms with Crippen LogP contribution in [0.1, 0.15) is 11.5 Å². The minimum absolute atomic E-state index is 0.315. The van der Waals surface area contributed by atoms with Crippen molar-refractivity contribution in [2.75, 3.05) is 0 Å². The third-order valence-corrected chi connectivity index (χ3v) is 2.22. The van der Waals surface area contributed by atoms with E-state index in [0.717, 1.165) is 12.0 Å². The predicted molar refractivity (Wildman–Crippen MR) is 53.9 cm³/mol. The standard InChI is InChI=1S/C10H8ClNO3/c11-8-4-1-7(2-5-8)3-6-9-12-15-10(13)14-9/h1-2,4-5H,3,6H2. The molecule has 0 atom stereocenters. The maximum Gasteiger partial charge on any atom is 0.542 e. The fraction of sp³-hybridized carbons (Fsp3) is 0.200. The smallest absolute Gasteiger partial charge is 0.375 e. The molecule has 2 rings (SSSR count). The third-order valence-electron chi connectivity index (χ3n) is 1.96. The molecule has 1 aromatic heterocycles. The molecule has 0 radical (unpaired) electrons. The first-order valence-electron chi connectivity index (χ1n) is 4.44. The van der Waals surface area contributed by atoms with E-state index in [-0.39, 0.29) is 0 Å². The Bertz CT molecular complexity index is 486. The van der Waals surface area contributed by atoms with Gasteiger partial charge in [-0.2, -0.15) is 0 Å². The molecule has 2 aromatic rings. The Morgan fingerprint density at radius 2 is 1.93 bits per heavy atom. The second-order valence-corrected chi connectivity index (χ2v) is 3.49. The normalized spacial score (nSPS) is 10.5. The van der Waals surface area contributed by atoms with Crippen LogP contribution in [-0.4, -0.2) is 5.16 Å². The van der Waals surface area contributed by atoms with E-state index in [9.17, 15) is 4.79 Å². The third kappa shape index (κ3) is 2.70. The summed E-state index contributed by atoms with van der Waals surface area (Å²) in [6.45, 7) is 0. The molecule has 0 bridgehead atoms. The van der Waals surface area contributed by atoms with Gasteiger partial charge in [0.1, 0.15) is 0 Å². The van der Waals surface area contributed by atoms with Crippen LogP contribution in [0.2, 0.25) is 5.02 Å². The van der Waals surface area contributed by atoms with Gasteiger partial charge in [-0.1, -0.05) is 23.7 Å². The molecule has 0 amide bonds. The lowest BCUT2D eigenvalue weighted by Gasteiger charge is -1.97. The molecule has 15 heavy (non-hydrogen) atoms. The number of halogens is 1. The average Bonchev–Trinajstić information content (AvgIpc) is 2.64. The molecule has 1 aromatic carbocycles. The fourth-order valence-electron chi connectivity index (χ4n) is 1.22. The van der Waals surface area contributed by atoms with E-state index in [4.69, 9.17) is 11.6 Å². The van der Waals surface area contributed by atoms with Gasteiger partial charge in [0.25, 0.3) is 0 Å². The van der Waals surface area contributed by atoms with Crippen LogP contribution in [0.4, 0.5) is 0 Å². The molecule has 0 aliphatic heterocycles. The summed E-state index contributed by atoms with van der Waals surface area (Å²) in [6, 6.07) is 7.47. The lowest BCUT2D eigenvalue weighted by molar-refractivity contribution is 0.334. The fourth-order valence-corrected chi connectivity index (χ4v) is 1.35. The second kappa shape index (κ2) is 4.31.